The van der Waals surface area contributed by atoms with Crippen LogP contribution in [0.2, 0.25) is 0 Å². The zero-order valence-electron chi connectivity index (χ0n) is 17.2. The fourth-order valence-corrected chi connectivity index (χ4v) is 2.82. The van der Waals surface area contributed by atoms with Crippen LogP contribution in [-0.2, 0) is 11.3 Å². The van der Waals surface area contributed by atoms with Crippen LogP contribution in [0.15, 0.2) is 53.5 Å². The van der Waals surface area contributed by atoms with Crippen LogP contribution in [0.25, 0.3) is 0 Å². The van der Waals surface area contributed by atoms with Crippen molar-refractivity contribution in [2.45, 2.75) is 32.9 Å². The van der Waals surface area contributed by atoms with E-state index in [-0.39, 0.29) is 5.91 Å². The van der Waals surface area contributed by atoms with Gasteiger partial charge in [-0.1, -0.05) is 36.4 Å². The Kier molecular flexibility index (Phi) is 8.98. The van der Waals surface area contributed by atoms with Gasteiger partial charge in [0, 0.05) is 20.0 Å². The highest BCUT2D eigenvalue weighted by Gasteiger charge is 2.08. The van der Waals surface area contributed by atoms with Crippen LogP contribution in [0, 0.1) is 0 Å². The number of ether oxygens (including phenoxy) is 1. The lowest BCUT2D eigenvalue weighted by molar-refractivity contribution is -0.114. The fourth-order valence-electron chi connectivity index (χ4n) is 2.82. The SMILES string of the molecule is CCNC(=NCc1ccc(OC)c(NC(C)=O)c1)NCCC(O)c1ccccc1. The van der Waals surface area contributed by atoms with Crippen molar-refractivity contribution >= 4 is 17.6 Å². The minimum atomic E-state index is -0.520. The van der Waals surface area contributed by atoms with E-state index in [4.69, 9.17) is 4.74 Å². The predicted molar refractivity (Wildman–Crippen MR) is 116 cm³/mol. The van der Waals surface area contributed by atoms with Gasteiger partial charge >= 0.3 is 0 Å². The number of aliphatic hydroxyl groups is 1. The third kappa shape index (κ3) is 7.46. The van der Waals surface area contributed by atoms with E-state index in [1.54, 1.807) is 7.11 Å². The van der Waals surface area contributed by atoms with Crippen LogP contribution in [0.1, 0.15) is 37.5 Å². The summed E-state index contributed by atoms with van der Waals surface area (Å²) in [6.07, 6.45) is 0.0530. The summed E-state index contributed by atoms with van der Waals surface area (Å²) in [5.74, 6) is 1.12. The Morgan fingerprint density at radius 3 is 2.59 bits per heavy atom. The van der Waals surface area contributed by atoms with E-state index >= 15 is 0 Å². The molecule has 0 spiro atoms. The Labute approximate surface area is 172 Å². The molecule has 0 aromatic heterocycles. The molecule has 7 nitrogen and oxygen atoms in total. The van der Waals surface area contributed by atoms with Gasteiger partial charge in [0.15, 0.2) is 5.96 Å². The first-order valence-corrected chi connectivity index (χ1v) is 9.73. The Morgan fingerprint density at radius 2 is 1.93 bits per heavy atom. The van der Waals surface area contributed by atoms with E-state index in [2.05, 4.69) is 20.9 Å². The number of aliphatic imine (C=N–C) groups is 1. The molecule has 0 aliphatic heterocycles. The van der Waals surface area contributed by atoms with Crippen molar-refractivity contribution in [1.82, 2.24) is 10.6 Å². The van der Waals surface area contributed by atoms with Gasteiger partial charge in [-0.25, -0.2) is 4.99 Å². The Hall–Kier alpha value is -3.06. The maximum Gasteiger partial charge on any atom is 0.221 e. The van der Waals surface area contributed by atoms with Gasteiger partial charge in [-0.15, -0.1) is 0 Å². The van der Waals surface area contributed by atoms with Crippen LogP contribution in [0.5, 0.6) is 5.75 Å². The molecule has 0 fully saturated rings. The van der Waals surface area contributed by atoms with Crippen molar-refractivity contribution < 1.29 is 14.6 Å². The molecule has 1 amide bonds. The number of nitrogens with one attached hydrogen (secondary N) is 3. The number of benzene rings is 2. The zero-order valence-corrected chi connectivity index (χ0v) is 17.2. The number of guanidine groups is 1. The molecule has 2 aromatic rings. The van der Waals surface area contributed by atoms with Gasteiger partial charge in [-0.05, 0) is 36.6 Å². The summed E-state index contributed by atoms with van der Waals surface area (Å²) in [5, 5.41) is 19.5. The highest BCUT2D eigenvalue weighted by Crippen LogP contribution is 2.25. The molecule has 0 aliphatic rings. The molecule has 156 valence electrons. The van der Waals surface area contributed by atoms with Crippen molar-refractivity contribution in [2.24, 2.45) is 4.99 Å². The molecule has 0 saturated heterocycles. The molecule has 0 radical (unpaired) electrons. The van der Waals surface area contributed by atoms with Gasteiger partial charge in [0.05, 0.1) is 25.4 Å². The molecule has 0 saturated carbocycles. The van der Waals surface area contributed by atoms with Gasteiger partial charge < -0.3 is 25.8 Å². The lowest BCUT2D eigenvalue weighted by atomic mass is 10.1. The minimum absolute atomic E-state index is 0.157. The van der Waals surface area contributed by atoms with E-state index in [1.807, 2.05) is 55.5 Å². The first-order chi connectivity index (χ1) is 14.0. The number of hydrogen-bond acceptors (Lipinski definition) is 4. The van der Waals surface area contributed by atoms with Gasteiger partial charge in [0.2, 0.25) is 5.91 Å². The first kappa shape index (κ1) is 22.2. The number of amides is 1. The van der Waals surface area contributed by atoms with Crippen molar-refractivity contribution in [2.75, 3.05) is 25.5 Å². The molecule has 0 bridgehead atoms. The summed E-state index contributed by atoms with van der Waals surface area (Å²) in [6, 6.07) is 15.2. The topological polar surface area (TPSA) is 95.0 Å². The molecule has 2 rings (SSSR count). The molecule has 2 aromatic carbocycles. The summed E-state index contributed by atoms with van der Waals surface area (Å²) >= 11 is 0. The van der Waals surface area contributed by atoms with E-state index in [0.29, 0.717) is 36.9 Å². The number of methoxy groups -OCH3 is 1. The van der Waals surface area contributed by atoms with Crippen LogP contribution < -0.4 is 20.7 Å². The third-order valence-corrected chi connectivity index (χ3v) is 4.23. The molecule has 0 aliphatic carbocycles. The molecule has 7 heteroatoms. The Bertz CT molecular complexity index is 809. The van der Waals surface area contributed by atoms with Crippen LogP contribution in [0.4, 0.5) is 5.69 Å². The quantitative estimate of drug-likeness (QED) is 0.385. The molecular weight excluding hydrogens is 368 g/mol. The third-order valence-electron chi connectivity index (χ3n) is 4.23. The predicted octanol–water partition coefficient (Wildman–Crippen LogP) is 2.83. The monoisotopic (exact) mass is 398 g/mol. The van der Waals surface area contributed by atoms with Crippen molar-refractivity contribution in [3.8, 4) is 5.75 Å². The molecule has 4 N–H and O–H groups in total. The van der Waals surface area contributed by atoms with Crippen LogP contribution in [0.3, 0.4) is 0 Å². The van der Waals surface area contributed by atoms with Crippen molar-refractivity contribution in [3.05, 3.63) is 59.7 Å². The zero-order chi connectivity index (χ0) is 21.1. The second-order valence-corrected chi connectivity index (χ2v) is 6.55. The average Bonchev–Trinajstić information content (AvgIpc) is 2.72. The number of anilines is 1. The maximum absolute atomic E-state index is 11.4. The van der Waals surface area contributed by atoms with Crippen LogP contribution in [-0.4, -0.2) is 37.2 Å². The normalized spacial score (nSPS) is 12.2. The number of nitrogens with zero attached hydrogens (tertiary/aromatic N) is 1. The highest BCUT2D eigenvalue weighted by molar-refractivity contribution is 5.90. The molecule has 1 atom stereocenters. The average molecular weight is 399 g/mol. The highest BCUT2D eigenvalue weighted by atomic mass is 16.5. The van der Waals surface area contributed by atoms with Gasteiger partial charge in [0.25, 0.3) is 0 Å². The molecule has 29 heavy (non-hydrogen) atoms. The number of hydrogen-bond donors (Lipinski definition) is 4. The lowest BCUT2D eigenvalue weighted by Crippen LogP contribution is -2.38. The summed E-state index contributed by atoms with van der Waals surface area (Å²) in [5.41, 5.74) is 2.47. The molecule has 0 heterocycles. The maximum atomic E-state index is 11.4. The van der Waals surface area contributed by atoms with Gasteiger partial charge in [0.1, 0.15) is 5.75 Å². The van der Waals surface area contributed by atoms with E-state index in [1.165, 1.54) is 6.92 Å². The standard InChI is InChI=1S/C22H30N4O3/c1-4-23-22(24-13-12-20(28)18-8-6-5-7-9-18)25-15-17-10-11-21(29-3)19(14-17)26-16(2)27/h5-11,14,20,28H,4,12-13,15H2,1-3H3,(H,26,27)(H2,23,24,25). The van der Waals surface area contributed by atoms with Crippen molar-refractivity contribution in [3.63, 3.8) is 0 Å². The smallest absolute Gasteiger partial charge is 0.221 e. The van der Waals surface area contributed by atoms with E-state index in [9.17, 15) is 9.90 Å². The van der Waals surface area contributed by atoms with Gasteiger partial charge in [-0.2, -0.15) is 0 Å². The number of carbonyl (C=O) groups is 1. The number of carbonyl (C=O) groups excluding carboxylic acids is 1. The Balaban J connectivity index is 1.96. The molecular formula is C22H30N4O3. The summed E-state index contributed by atoms with van der Waals surface area (Å²) in [4.78, 5) is 16.0. The largest absolute Gasteiger partial charge is 0.495 e. The van der Waals surface area contributed by atoms with Gasteiger partial charge in [-0.3, -0.25) is 4.79 Å². The summed E-state index contributed by atoms with van der Waals surface area (Å²) < 4.78 is 5.28. The minimum Gasteiger partial charge on any atom is -0.495 e. The summed E-state index contributed by atoms with van der Waals surface area (Å²) in [6.45, 7) is 5.21. The van der Waals surface area contributed by atoms with E-state index < -0.39 is 6.10 Å². The number of rotatable bonds is 9. The second kappa shape index (κ2) is 11.7. The second-order valence-electron chi connectivity index (χ2n) is 6.55. The number of aliphatic hydroxyl groups excluding tert-OH is 1. The molecule has 1 unspecified atom stereocenters. The first-order valence-electron chi connectivity index (χ1n) is 9.73. The van der Waals surface area contributed by atoms with E-state index in [0.717, 1.165) is 17.7 Å². The lowest BCUT2D eigenvalue weighted by Gasteiger charge is -2.15. The summed E-state index contributed by atoms with van der Waals surface area (Å²) in [7, 11) is 1.57. The van der Waals surface area contributed by atoms with Crippen molar-refractivity contribution in [1.29, 1.82) is 0 Å². The Morgan fingerprint density at radius 1 is 1.17 bits per heavy atom. The fraction of sp³-hybridized carbons (Fsp3) is 0.364. The van der Waals surface area contributed by atoms with Crippen LogP contribution >= 0.6 is 0 Å².